The summed E-state index contributed by atoms with van der Waals surface area (Å²) in [4.78, 5) is 26.7. The number of H-pyrrole nitrogens is 1. The smallest absolute Gasteiger partial charge is 0.254 e. The van der Waals surface area contributed by atoms with Crippen LogP contribution >= 0.6 is 0 Å². The molecule has 1 aliphatic heterocycles. The highest BCUT2D eigenvalue weighted by molar-refractivity contribution is 5.49. The van der Waals surface area contributed by atoms with Crippen molar-refractivity contribution >= 4 is 0 Å². The van der Waals surface area contributed by atoms with Crippen LogP contribution in [0.25, 0.3) is 11.5 Å². The molecule has 3 aromatic rings. The molecule has 0 bridgehead atoms. The first-order valence-corrected chi connectivity index (χ1v) is 8.91. The maximum atomic E-state index is 12.5. The van der Waals surface area contributed by atoms with Crippen LogP contribution in [-0.4, -0.2) is 26.4 Å². The van der Waals surface area contributed by atoms with Crippen molar-refractivity contribution in [1.82, 2.24) is 19.9 Å². The predicted octanol–water partition coefficient (Wildman–Crippen LogP) is 3.01. The van der Waals surface area contributed by atoms with Crippen molar-refractivity contribution in [2.75, 3.05) is 6.54 Å². The van der Waals surface area contributed by atoms with Gasteiger partial charge >= 0.3 is 0 Å². The number of aryl methyl sites for hydroxylation is 2. The summed E-state index contributed by atoms with van der Waals surface area (Å²) in [5.74, 6) is 0.544. The van der Waals surface area contributed by atoms with Gasteiger partial charge in [-0.05, 0) is 38.0 Å². The molecular formula is C21H22N4O. The zero-order chi connectivity index (χ0) is 18.1. The van der Waals surface area contributed by atoms with Crippen LogP contribution in [0.3, 0.4) is 0 Å². The molecule has 0 unspecified atom stereocenters. The number of aromatic nitrogens is 3. The molecule has 0 aliphatic carbocycles. The lowest BCUT2D eigenvalue weighted by molar-refractivity contribution is 0.240. The molecule has 132 valence electrons. The number of benzene rings is 1. The standard InChI is InChI=1S/C21H22N4O/c1-14-9-15(2)11-16(10-14)12-25-8-6-17-19(13-25)23-20(24-21(17)26)18-5-3-4-7-22-18/h3-5,7,9-11H,6,8,12-13H2,1-2H3,(H,23,24,26). The van der Waals surface area contributed by atoms with Gasteiger partial charge < -0.3 is 4.98 Å². The predicted molar refractivity (Wildman–Crippen MR) is 102 cm³/mol. The summed E-state index contributed by atoms with van der Waals surface area (Å²) in [5.41, 5.74) is 6.20. The van der Waals surface area contributed by atoms with Crippen LogP contribution in [-0.2, 0) is 19.5 Å². The molecule has 0 amide bonds. The van der Waals surface area contributed by atoms with Crippen molar-refractivity contribution in [3.8, 4) is 11.5 Å². The molecule has 0 radical (unpaired) electrons. The topological polar surface area (TPSA) is 61.9 Å². The van der Waals surface area contributed by atoms with E-state index >= 15 is 0 Å². The van der Waals surface area contributed by atoms with Crippen LogP contribution in [0.2, 0.25) is 0 Å². The zero-order valence-electron chi connectivity index (χ0n) is 15.1. The van der Waals surface area contributed by atoms with Crippen molar-refractivity contribution in [2.24, 2.45) is 0 Å². The van der Waals surface area contributed by atoms with Crippen molar-refractivity contribution in [2.45, 2.75) is 33.4 Å². The molecule has 5 nitrogen and oxygen atoms in total. The molecule has 1 aromatic carbocycles. The molecular weight excluding hydrogens is 324 g/mol. The third-order valence-electron chi connectivity index (χ3n) is 4.75. The summed E-state index contributed by atoms with van der Waals surface area (Å²) in [7, 11) is 0. The first kappa shape index (κ1) is 16.7. The largest absolute Gasteiger partial charge is 0.305 e. The fourth-order valence-corrected chi connectivity index (χ4v) is 3.67. The number of fused-ring (bicyclic) bond motifs is 1. The number of hydrogen-bond acceptors (Lipinski definition) is 4. The molecule has 5 heteroatoms. The summed E-state index contributed by atoms with van der Waals surface area (Å²) >= 11 is 0. The van der Waals surface area contributed by atoms with Gasteiger partial charge in [0.15, 0.2) is 5.82 Å². The van der Waals surface area contributed by atoms with Gasteiger partial charge in [0.2, 0.25) is 0 Å². The Morgan fingerprint density at radius 3 is 2.69 bits per heavy atom. The number of nitrogens with zero attached hydrogens (tertiary/aromatic N) is 3. The highest BCUT2D eigenvalue weighted by Crippen LogP contribution is 2.20. The average Bonchev–Trinajstić information content (AvgIpc) is 2.61. The van der Waals surface area contributed by atoms with Crippen molar-refractivity contribution < 1.29 is 0 Å². The maximum Gasteiger partial charge on any atom is 0.254 e. The van der Waals surface area contributed by atoms with E-state index < -0.39 is 0 Å². The number of pyridine rings is 1. The lowest BCUT2D eigenvalue weighted by Gasteiger charge is -2.28. The monoisotopic (exact) mass is 346 g/mol. The molecule has 4 rings (SSSR count). The SMILES string of the molecule is Cc1cc(C)cc(CN2CCc3c(nc(-c4ccccn4)[nH]c3=O)C2)c1. The average molecular weight is 346 g/mol. The van der Waals surface area contributed by atoms with E-state index in [1.54, 1.807) is 6.20 Å². The Kier molecular flexibility index (Phi) is 4.39. The van der Waals surface area contributed by atoms with Gasteiger partial charge in [-0.2, -0.15) is 0 Å². The molecule has 1 aliphatic rings. The van der Waals surface area contributed by atoms with Gasteiger partial charge in [-0.3, -0.25) is 14.7 Å². The van der Waals surface area contributed by atoms with E-state index in [-0.39, 0.29) is 5.56 Å². The van der Waals surface area contributed by atoms with E-state index in [0.717, 1.165) is 30.8 Å². The Morgan fingerprint density at radius 1 is 1.15 bits per heavy atom. The van der Waals surface area contributed by atoms with Crippen molar-refractivity contribution in [3.05, 3.63) is 80.9 Å². The minimum absolute atomic E-state index is 0.0401. The number of nitrogens with one attached hydrogen (secondary N) is 1. The minimum atomic E-state index is -0.0401. The van der Waals surface area contributed by atoms with E-state index in [4.69, 9.17) is 4.98 Å². The summed E-state index contributed by atoms with van der Waals surface area (Å²) in [6.07, 6.45) is 2.44. The van der Waals surface area contributed by atoms with Crippen LogP contribution in [0.15, 0.2) is 47.4 Å². The molecule has 1 N–H and O–H groups in total. The van der Waals surface area contributed by atoms with E-state index in [0.29, 0.717) is 18.1 Å². The van der Waals surface area contributed by atoms with E-state index in [2.05, 4.69) is 46.9 Å². The highest BCUT2D eigenvalue weighted by Gasteiger charge is 2.21. The Balaban J connectivity index is 1.61. The van der Waals surface area contributed by atoms with E-state index in [1.165, 1.54) is 16.7 Å². The lowest BCUT2D eigenvalue weighted by Crippen LogP contribution is -2.35. The molecule has 3 heterocycles. The summed E-state index contributed by atoms with van der Waals surface area (Å²) < 4.78 is 0. The van der Waals surface area contributed by atoms with Gasteiger partial charge in [-0.1, -0.05) is 35.4 Å². The normalized spacial score (nSPS) is 14.2. The van der Waals surface area contributed by atoms with Gasteiger partial charge in [-0.25, -0.2) is 4.98 Å². The molecule has 0 saturated carbocycles. The minimum Gasteiger partial charge on any atom is -0.305 e. The van der Waals surface area contributed by atoms with Gasteiger partial charge in [0.25, 0.3) is 5.56 Å². The fourth-order valence-electron chi connectivity index (χ4n) is 3.67. The van der Waals surface area contributed by atoms with Crippen LogP contribution in [0.5, 0.6) is 0 Å². The van der Waals surface area contributed by atoms with Gasteiger partial charge in [-0.15, -0.1) is 0 Å². The maximum absolute atomic E-state index is 12.5. The van der Waals surface area contributed by atoms with Gasteiger partial charge in [0, 0.05) is 31.4 Å². The Morgan fingerprint density at radius 2 is 1.96 bits per heavy atom. The third kappa shape index (κ3) is 3.44. The van der Waals surface area contributed by atoms with Crippen LogP contribution < -0.4 is 5.56 Å². The quantitative estimate of drug-likeness (QED) is 0.792. The lowest BCUT2D eigenvalue weighted by atomic mass is 10.0. The molecule has 0 saturated heterocycles. The highest BCUT2D eigenvalue weighted by atomic mass is 16.1. The summed E-state index contributed by atoms with van der Waals surface area (Å²) in [5, 5.41) is 0. The Labute approximate surface area is 152 Å². The molecule has 0 spiro atoms. The van der Waals surface area contributed by atoms with Crippen molar-refractivity contribution in [1.29, 1.82) is 0 Å². The summed E-state index contributed by atoms with van der Waals surface area (Å²) in [6, 6.07) is 12.3. The summed E-state index contributed by atoms with van der Waals surface area (Å²) in [6.45, 7) is 6.68. The first-order valence-electron chi connectivity index (χ1n) is 8.91. The second-order valence-electron chi connectivity index (χ2n) is 7.01. The molecule has 0 fully saturated rings. The van der Waals surface area contributed by atoms with Crippen molar-refractivity contribution in [3.63, 3.8) is 0 Å². The van der Waals surface area contributed by atoms with Gasteiger partial charge in [0.05, 0.1) is 5.69 Å². The van der Waals surface area contributed by atoms with Crippen LogP contribution in [0, 0.1) is 13.8 Å². The van der Waals surface area contributed by atoms with Crippen LogP contribution in [0.4, 0.5) is 0 Å². The second-order valence-corrected chi connectivity index (χ2v) is 7.01. The fraction of sp³-hybridized carbons (Fsp3) is 0.286. The number of aromatic amines is 1. The number of hydrogen-bond donors (Lipinski definition) is 1. The molecule has 2 aromatic heterocycles. The molecule has 26 heavy (non-hydrogen) atoms. The Bertz CT molecular complexity index is 974. The van der Waals surface area contributed by atoms with E-state index in [9.17, 15) is 4.79 Å². The zero-order valence-corrected chi connectivity index (χ0v) is 15.1. The van der Waals surface area contributed by atoms with Crippen LogP contribution in [0.1, 0.15) is 27.9 Å². The van der Waals surface area contributed by atoms with E-state index in [1.807, 2.05) is 18.2 Å². The first-order chi connectivity index (χ1) is 12.6. The Hall–Kier alpha value is -2.79. The second kappa shape index (κ2) is 6.84. The van der Waals surface area contributed by atoms with Gasteiger partial charge in [0.1, 0.15) is 5.69 Å². The third-order valence-corrected chi connectivity index (χ3v) is 4.75. The molecule has 0 atom stereocenters. The number of rotatable bonds is 3.